The van der Waals surface area contributed by atoms with E-state index in [0.717, 1.165) is 12.5 Å². The predicted molar refractivity (Wildman–Crippen MR) is 76.4 cm³/mol. The zero-order valence-corrected chi connectivity index (χ0v) is 12.1. The van der Waals surface area contributed by atoms with Crippen LogP contribution in [0.1, 0.15) is 20.3 Å². The van der Waals surface area contributed by atoms with E-state index in [1.54, 1.807) is 0 Å². The molecule has 0 aromatic rings. The summed E-state index contributed by atoms with van der Waals surface area (Å²) in [6.07, 6.45) is 1.37. The van der Waals surface area contributed by atoms with Gasteiger partial charge in [-0.05, 0) is 37.7 Å². The van der Waals surface area contributed by atoms with Gasteiger partial charge in [-0.2, -0.15) is 23.5 Å². The van der Waals surface area contributed by atoms with Gasteiger partial charge in [-0.25, -0.2) is 0 Å². The number of nitrogens with two attached hydrogens (primary N) is 1. The van der Waals surface area contributed by atoms with Gasteiger partial charge in [-0.3, -0.25) is 4.90 Å². The molecule has 4 heteroatoms. The molecule has 0 radical (unpaired) electrons. The Hall–Kier alpha value is 0.620. The molecule has 0 bridgehead atoms. The zero-order chi connectivity index (χ0) is 11.6. The number of thioether (sulfide) groups is 2. The van der Waals surface area contributed by atoms with Gasteiger partial charge in [0.15, 0.2) is 0 Å². The zero-order valence-electron chi connectivity index (χ0n) is 10.4. The summed E-state index contributed by atoms with van der Waals surface area (Å²) in [5.41, 5.74) is 6.01. The Kier molecular flexibility index (Phi) is 4.50. The van der Waals surface area contributed by atoms with Gasteiger partial charge in [0, 0.05) is 36.2 Å². The summed E-state index contributed by atoms with van der Waals surface area (Å²) in [6.45, 7) is 8.01. The summed E-state index contributed by atoms with van der Waals surface area (Å²) in [5.74, 6) is 4.77. The van der Waals surface area contributed by atoms with Crippen LogP contribution in [-0.4, -0.2) is 52.6 Å². The fraction of sp³-hybridized carbons (Fsp3) is 1.00. The van der Waals surface area contributed by atoms with Crippen LogP contribution < -0.4 is 5.73 Å². The van der Waals surface area contributed by atoms with Crippen LogP contribution in [0.3, 0.4) is 0 Å². The standard InChI is InChI=1S/C12H24N2S2/c1-12(2)9-14(4-6-16-12)11(7-13)10-3-5-15-8-10/h10-11H,3-9,13H2,1-2H3. The smallest absolute Gasteiger partial charge is 0.0255 e. The normalized spacial score (nSPS) is 32.8. The first-order valence-corrected chi connectivity index (χ1v) is 8.42. The molecule has 2 aliphatic rings. The summed E-state index contributed by atoms with van der Waals surface area (Å²) in [5, 5.41) is 0. The van der Waals surface area contributed by atoms with E-state index in [1.807, 2.05) is 0 Å². The lowest BCUT2D eigenvalue weighted by Crippen LogP contribution is -2.53. The average molecular weight is 260 g/mol. The third-order valence-electron chi connectivity index (χ3n) is 3.67. The molecule has 2 N–H and O–H groups in total. The molecule has 2 unspecified atom stereocenters. The Morgan fingerprint density at radius 1 is 1.44 bits per heavy atom. The van der Waals surface area contributed by atoms with Crippen LogP contribution in [0, 0.1) is 5.92 Å². The average Bonchev–Trinajstić information content (AvgIpc) is 2.71. The Morgan fingerprint density at radius 2 is 2.25 bits per heavy atom. The molecule has 2 nitrogen and oxygen atoms in total. The van der Waals surface area contributed by atoms with Crippen molar-refractivity contribution in [2.45, 2.75) is 31.1 Å². The molecule has 2 aliphatic heterocycles. The van der Waals surface area contributed by atoms with Crippen molar-refractivity contribution in [2.24, 2.45) is 11.7 Å². The first-order valence-electron chi connectivity index (χ1n) is 6.28. The molecule has 0 aliphatic carbocycles. The second kappa shape index (κ2) is 5.51. The summed E-state index contributed by atoms with van der Waals surface area (Å²) >= 11 is 4.21. The highest BCUT2D eigenvalue weighted by molar-refractivity contribution is 8.00. The van der Waals surface area contributed by atoms with Crippen molar-refractivity contribution in [3.8, 4) is 0 Å². The van der Waals surface area contributed by atoms with Gasteiger partial charge in [0.25, 0.3) is 0 Å². The van der Waals surface area contributed by atoms with E-state index in [-0.39, 0.29) is 0 Å². The monoisotopic (exact) mass is 260 g/mol. The van der Waals surface area contributed by atoms with Crippen LogP contribution in [0.2, 0.25) is 0 Å². The molecule has 0 saturated carbocycles. The van der Waals surface area contributed by atoms with Gasteiger partial charge < -0.3 is 5.73 Å². The molecule has 94 valence electrons. The maximum absolute atomic E-state index is 6.01. The minimum atomic E-state index is 0.414. The fourth-order valence-corrected chi connectivity index (χ4v) is 5.30. The van der Waals surface area contributed by atoms with Crippen molar-refractivity contribution < 1.29 is 0 Å². The molecule has 0 spiro atoms. The van der Waals surface area contributed by atoms with Crippen LogP contribution in [0.15, 0.2) is 0 Å². The summed E-state index contributed by atoms with van der Waals surface area (Å²) < 4.78 is 0.414. The highest BCUT2D eigenvalue weighted by Crippen LogP contribution is 2.34. The molecule has 2 rings (SSSR count). The molecule has 2 heterocycles. The van der Waals surface area contributed by atoms with Crippen LogP contribution >= 0.6 is 23.5 Å². The number of rotatable bonds is 3. The first-order chi connectivity index (χ1) is 7.62. The van der Waals surface area contributed by atoms with E-state index < -0.39 is 0 Å². The topological polar surface area (TPSA) is 29.3 Å². The highest BCUT2D eigenvalue weighted by Gasteiger charge is 2.35. The number of hydrogen-bond acceptors (Lipinski definition) is 4. The van der Waals surface area contributed by atoms with Crippen molar-refractivity contribution in [3.63, 3.8) is 0 Å². The van der Waals surface area contributed by atoms with E-state index in [4.69, 9.17) is 5.73 Å². The second-order valence-corrected chi connectivity index (χ2v) is 8.46. The SMILES string of the molecule is CC1(C)CN(C(CN)C2CCSC2)CCS1. The predicted octanol–water partition coefficient (Wildman–Crippen LogP) is 1.89. The summed E-state index contributed by atoms with van der Waals surface area (Å²) in [4.78, 5) is 2.66. The van der Waals surface area contributed by atoms with Crippen molar-refractivity contribution in [3.05, 3.63) is 0 Å². The molecule has 0 aromatic carbocycles. The van der Waals surface area contributed by atoms with Crippen molar-refractivity contribution >= 4 is 23.5 Å². The van der Waals surface area contributed by atoms with Crippen LogP contribution in [-0.2, 0) is 0 Å². The van der Waals surface area contributed by atoms with Gasteiger partial charge in [0.2, 0.25) is 0 Å². The quantitative estimate of drug-likeness (QED) is 0.839. The first kappa shape index (κ1) is 13.1. The summed E-state index contributed by atoms with van der Waals surface area (Å²) in [7, 11) is 0. The minimum absolute atomic E-state index is 0.414. The van der Waals surface area contributed by atoms with Gasteiger partial charge in [0.05, 0.1) is 0 Å². The second-order valence-electron chi connectivity index (χ2n) is 5.51. The van der Waals surface area contributed by atoms with E-state index in [2.05, 4.69) is 42.3 Å². The molecule has 2 saturated heterocycles. The lowest BCUT2D eigenvalue weighted by atomic mass is 9.96. The molecular weight excluding hydrogens is 236 g/mol. The van der Waals surface area contributed by atoms with Crippen LogP contribution in [0.5, 0.6) is 0 Å². The molecule has 0 aromatic heterocycles. The Morgan fingerprint density at radius 3 is 2.81 bits per heavy atom. The van der Waals surface area contributed by atoms with Crippen molar-refractivity contribution in [1.29, 1.82) is 0 Å². The van der Waals surface area contributed by atoms with Crippen LogP contribution in [0.25, 0.3) is 0 Å². The number of hydrogen-bond donors (Lipinski definition) is 1. The van der Waals surface area contributed by atoms with E-state index in [0.29, 0.717) is 10.8 Å². The lowest BCUT2D eigenvalue weighted by Gasteiger charge is -2.43. The van der Waals surface area contributed by atoms with Crippen molar-refractivity contribution in [2.75, 3.05) is 36.9 Å². The lowest BCUT2D eigenvalue weighted by molar-refractivity contribution is 0.148. The maximum Gasteiger partial charge on any atom is 0.0255 e. The number of nitrogens with zero attached hydrogens (tertiary/aromatic N) is 1. The molecule has 2 fully saturated rings. The Balaban J connectivity index is 1.97. The third-order valence-corrected chi connectivity index (χ3v) is 6.16. The van der Waals surface area contributed by atoms with Crippen LogP contribution in [0.4, 0.5) is 0 Å². The summed E-state index contributed by atoms with van der Waals surface area (Å²) in [6, 6.07) is 0.634. The van der Waals surface area contributed by atoms with E-state index in [1.165, 1.54) is 36.8 Å². The largest absolute Gasteiger partial charge is 0.329 e. The maximum atomic E-state index is 6.01. The third kappa shape index (κ3) is 3.09. The Labute approximate surface area is 108 Å². The molecule has 2 atom stereocenters. The molecule has 0 amide bonds. The molecule has 16 heavy (non-hydrogen) atoms. The van der Waals surface area contributed by atoms with Crippen molar-refractivity contribution in [1.82, 2.24) is 4.90 Å². The van der Waals surface area contributed by atoms with Gasteiger partial charge in [-0.15, -0.1) is 0 Å². The van der Waals surface area contributed by atoms with E-state index in [9.17, 15) is 0 Å². The highest BCUT2D eigenvalue weighted by atomic mass is 32.2. The molecular formula is C12H24N2S2. The minimum Gasteiger partial charge on any atom is -0.329 e. The Bertz CT molecular complexity index is 227. The van der Waals surface area contributed by atoms with Gasteiger partial charge in [-0.1, -0.05) is 0 Å². The van der Waals surface area contributed by atoms with Gasteiger partial charge in [0.1, 0.15) is 0 Å². The van der Waals surface area contributed by atoms with E-state index >= 15 is 0 Å². The fourth-order valence-electron chi connectivity index (χ4n) is 2.83. The van der Waals surface area contributed by atoms with Gasteiger partial charge >= 0.3 is 0 Å².